The van der Waals surface area contributed by atoms with Crippen LogP contribution in [0.1, 0.15) is 16.8 Å². The van der Waals surface area contributed by atoms with Crippen molar-refractivity contribution in [2.75, 3.05) is 17.7 Å². The molecule has 0 spiro atoms. The molecule has 1 aromatic heterocycles. The van der Waals surface area contributed by atoms with Crippen LogP contribution in [0.4, 0.5) is 10.1 Å². The zero-order chi connectivity index (χ0) is 13.8. The fraction of sp³-hybridized carbons (Fsp3) is 0.231. The minimum atomic E-state index is -1.08. The number of carboxylic acids is 1. The van der Waals surface area contributed by atoms with E-state index < -0.39 is 11.8 Å². The highest BCUT2D eigenvalue weighted by Crippen LogP contribution is 2.22. The van der Waals surface area contributed by atoms with E-state index in [1.165, 1.54) is 18.3 Å². The van der Waals surface area contributed by atoms with Crippen LogP contribution < -0.4 is 11.5 Å². The fourth-order valence-electron chi connectivity index (χ4n) is 1.69. The first-order valence-corrected chi connectivity index (χ1v) is 6.27. The monoisotopic (exact) mass is 299 g/mol. The van der Waals surface area contributed by atoms with Gasteiger partial charge in [-0.1, -0.05) is 0 Å². The van der Waals surface area contributed by atoms with Gasteiger partial charge in [0, 0.05) is 24.0 Å². The van der Waals surface area contributed by atoms with Gasteiger partial charge in [-0.3, -0.25) is 4.98 Å². The minimum Gasteiger partial charge on any atom is -0.478 e. The molecule has 5 nitrogen and oxygen atoms in total. The molecule has 0 unspecified atom stereocenters. The molecule has 0 bridgehead atoms. The van der Waals surface area contributed by atoms with Gasteiger partial charge >= 0.3 is 5.97 Å². The van der Waals surface area contributed by atoms with Gasteiger partial charge in [0.2, 0.25) is 0 Å². The number of halogens is 2. The summed E-state index contributed by atoms with van der Waals surface area (Å²) in [5, 5.41) is 12.2. The van der Waals surface area contributed by atoms with Crippen LogP contribution in [0.3, 0.4) is 0 Å². The third-order valence-corrected chi connectivity index (χ3v) is 2.91. The molecule has 1 aromatic carbocycles. The van der Waals surface area contributed by atoms with Crippen LogP contribution in [0.2, 0.25) is 0 Å². The first kappa shape index (κ1) is 16.1. The summed E-state index contributed by atoms with van der Waals surface area (Å²) >= 11 is 5.55. The first-order valence-electron chi connectivity index (χ1n) is 5.74. The Morgan fingerprint density at radius 2 is 2.15 bits per heavy atom. The van der Waals surface area contributed by atoms with Crippen LogP contribution in [0, 0.1) is 5.82 Å². The summed E-state index contributed by atoms with van der Waals surface area (Å²) in [7, 11) is 0. The zero-order valence-electron chi connectivity index (χ0n) is 10.7. The van der Waals surface area contributed by atoms with Crippen molar-refractivity contribution in [3.05, 3.63) is 35.8 Å². The van der Waals surface area contributed by atoms with Crippen molar-refractivity contribution in [3.8, 4) is 0 Å². The summed E-state index contributed by atoms with van der Waals surface area (Å²) in [6.45, 7) is 0.569. The van der Waals surface area contributed by atoms with Crippen molar-refractivity contribution in [1.29, 1.82) is 0 Å². The van der Waals surface area contributed by atoms with Crippen LogP contribution in [-0.4, -0.2) is 28.5 Å². The van der Waals surface area contributed by atoms with Crippen molar-refractivity contribution >= 4 is 34.2 Å². The number of aromatic nitrogens is 1. The molecule has 108 valence electrons. The zero-order valence-corrected chi connectivity index (χ0v) is 11.5. The number of hydrogen-bond acceptors (Lipinski definition) is 4. The molecule has 1 heterocycles. The Labute approximate surface area is 120 Å². The lowest BCUT2D eigenvalue weighted by Gasteiger charge is -2.08. The summed E-state index contributed by atoms with van der Waals surface area (Å²) in [5.41, 5.74) is 0.919. The highest BCUT2D eigenvalue weighted by atomic mass is 35.5. The largest absolute Gasteiger partial charge is 0.478 e. The Balaban J connectivity index is 0.00000200. The van der Waals surface area contributed by atoms with Gasteiger partial charge in [-0.2, -0.15) is 0 Å². The van der Waals surface area contributed by atoms with E-state index in [4.69, 9.17) is 16.7 Å². The highest BCUT2D eigenvalue weighted by molar-refractivity contribution is 6.17. The standard InChI is InChI=1S/C13H12ClFN2O2.H3N/c14-2-1-3-16-12-6-11-8(5-10(12)15)4-9(7-17-11)13(18)19;/h4-7,16H,1-3H2,(H,18,19);1H3. The number of aromatic carboxylic acids is 1. The topological polar surface area (TPSA) is 97.2 Å². The van der Waals surface area contributed by atoms with Crippen LogP contribution >= 0.6 is 11.6 Å². The fourth-order valence-corrected chi connectivity index (χ4v) is 1.82. The lowest BCUT2D eigenvalue weighted by atomic mass is 10.1. The molecule has 7 heteroatoms. The lowest BCUT2D eigenvalue weighted by Crippen LogP contribution is -2.04. The smallest absolute Gasteiger partial charge is 0.337 e. The molecule has 0 amide bonds. The number of alkyl halides is 1. The molecule has 5 N–H and O–H groups in total. The molecule has 2 aromatic rings. The Bertz CT molecular complexity index is 622. The van der Waals surface area contributed by atoms with Crippen molar-refractivity contribution in [1.82, 2.24) is 11.1 Å². The number of rotatable bonds is 5. The number of nitrogens with one attached hydrogen (secondary N) is 1. The van der Waals surface area contributed by atoms with E-state index in [-0.39, 0.29) is 11.7 Å². The number of benzene rings is 1. The molecule has 0 aliphatic carbocycles. The Hall–Kier alpha value is -1.92. The summed E-state index contributed by atoms with van der Waals surface area (Å²) in [6, 6.07) is 4.23. The van der Waals surface area contributed by atoms with Crippen molar-refractivity contribution in [2.24, 2.45) is 0 Å². The van der Waals surface area contributed by atoms with Gasteiger partial charge in [0.05, 0.1) is 16.8 Å². The second kappa shape index (κ2) is 7.02. The van der Waals surface area contributed by atoms with Crippen LogP contribution in [-0.2, 0) is 0 Å². The van der Waals surface area contributed by atoms with Gasteiger partial charge in [-0.05, 0) is 24.6 Å². The van der Waals surface area contributed by atoms with Crippen molar-refractivity contribution in [3.63, 3.8) is 0 Å². The SMILES string of the molecule is N.O=C(O)c1cnc2cc(NCCCCl)c(F)cc2c1. The molecule has 0 fully saturated rings. The third-order valence-electron chi connectivity index (χ3n) is 2.64. The van der Waals surface area contributed by atoms with Gasteiger partial charge < -0.3 is 16.6 Å². The molecular weight excluding hydrogens is 285 g/mol. The third kappa shape index (κ3) is 3.55. The van der Waals surface area contributed by atoms with E-state index in [0.29, 0.717) is 29.0 Å². The van der Waals surface area contributed by atoms with Crippen molar-refractivity contribution < 1.29 is 14.3 Å². The Morgan fingerprint density at radius 3 is 2.80 bits per heavy atom. The second-order valence-electron chi connectivity index (χ2n) is 4.02. The van der Waals surface area contributed by atoms with E-state index in [1.807, 2.05) is 0 Å². The molecule has 0 aliphatic rings. The molecule has 0 aliphatic heterocycles. The quantitative estimate of drug-likeness (QED) is 0.581. The van der Waals surface area contributed by atoms with E-state index in [9.17, 15) is 9.18 Å². The number of carboxylic acid groups (broad SMARTS) is 1. The average molecular weight is 300 g/mol. The van der Waals surface area contributed by atoms with Crippen LogP contribution in [0.15, 0.2) is 24.4 Å². The lowest BCUT2D eigenvalue weighted by molar-refractivity contribution is 0.0696. The maximum absolute atomic E-state index is 13.8. The molecule has 0 saturated heterocycles. The second-order valence-corrected chi connectivity index (χ2v) is 4.40. The summed E-state index contributed by atoms with van der Waals surface area (Å²) < 4.78 is 13.8. The number of nitrogens with zero attached hydrogens (tertiary/aromatic N) is 1. The summed E-state index contributed by atoms with van der Waals surface area (Å²) in [6.07, 6.45) is 1.98. The molecular formula is C13H15ClFN3O2. The number of anilines is 1. The van der Waals surface area contributed by atoms with Gasteiger partial charge in [-0.25, -0.2) is 9.18 Å². The van der Waals surface area contributed by atoms with E-state index >= 15 is 0 Å². The van der Waals surface area contributed by atoms with E-state index in [0.717, 1.165) is 6.42 Å². The number of fused-ring (bicyclic) bond motifs is 1. The maximum atomic E-state index is 13.8. The van der Waals surface area contributed by atoms with E-state index in [1.54, 1.807) is 6.07 Å². The normalized spacial score (nSPS) is 10.1. The first-order chi connectivity index (χ1) is 9.11. The average Bonchev–Trinajstić information content (AvgIpc) is 2.39. The van der Waals surface area contributed by atoms with Gasteiger partial charge in [0.1, 0.15) is 5.82 Å². The molecule has 20 heavy (non-hydrogen) atoms. The Morgan fingerprint density at radius 1 is 1.40 bits per heavy atom. The predicted octanol–water partition coefficient (Wildman–Crippen LogP) is 3.27. The number of pyridine rings is 1. The highest BCUT2D eigenvalue weighted by Gasteiger charge is 2.08. The number of carbonyl (C=O) groups is 1. The van der Waals surface area contributed by atoms with Gasteiger partial charge in [0.25, 0.3) is 0 Å². The molecule has 0 radical (unpaired) electrons. The summed E-state index contributed by atoms with van der Waals surface area (Å²) in [4.78, 5) is 14.8. The predicted molar refractivity (Wildman–Crippen MR) is 77.5 cm³/mol. The van der Waals surface area contributed by atoms with Crippen LogP contribution in [0.25, 0.3) is 10.9 Å². The molecule has 0 atom stereocenters. The number of hydrogen-bond donors (Lipinski definition) is 3. The Kier molecular flexibility index (Phi) is 5.66. The van der Waals surface area contributed by atoms with Gasteiger partial charge in [0.15, 0.2) is 0 Å². The van der Waals surface area contributed by atoms with Crippen LogP contribution in [0.5, 0.6) is 0 Å². The molecule has 0 saturated carbocycles. The summed E-state index contributed by atoms with van der Waals surface area (Å²) in [5.74, 6) is -1.02. The maximum Gasteiger partial charge on any atom is 0.337 e. The van der Waals surface area contributed by atoms with Gasteiger partial charge in [-0.15, -0.1) is 11.6 Å². The molecule has 2 rings (SSSR count). The van der Waals surface area contributed by atoms with E-state index in [2.05, 4.69) is 10.3 Å². The minimum absolute atomic E-state index is 0. The van der Waals surface area contributed by atoms with Crippen molar-refractivity contribution in [2.45, 2.75) is 6.42 Å².